The second-order valence-corrected chi connectivity index (χ2v) is 6.64. The van der Waals surface area contributed by atoms with Gasteiger partial charge in [0.2, 0.25) is 0 Å². The molecule has 1 heterocycles. The van der Waals surface area contributed by atoms with Gasteiger partial charge in [0.25, 0.3) is 0 Å². The van der Waals surface area contributed by atoms with Gasteiger partial charge >= 0.3 is 0 Å². The van der Waals surface area contributed by atoms with E-state index in [0.717, 1.165) is 42.3 Å². The van der Waals surface area contributed by atoms with Gasteiger partial charge in [0, 0.05) is 23.8 Å². The third kappa shape index (κ3) is 6.62. The molecule has 1 aromatic carbocycles. The van der Waals surface area contributed by atoms with E-state index in [0.29, 0.717) is 12.4 Å². The van der Waals surface area contributed by atoms with E-state index in [2.05, 4.69) is 4.98 Å². The maximum atomic E-state index is 13.5. The zero-order chi connectivity index (χ0) is 17.9. The van der Waals surface area contributed by atoms with Gasteiger partial charge in [-0.15, -0.1) is 0 Å². The Morgan fingerprint density at radius 3 is 2.20 bits per heavy atom. The van der Waals surface area contributed by atoms with Crippen LogP contribution in [0.2, 0.25) is 0 Å². The number of halogens is 1. The van der Waals surface area contributed by atoms with Gasteiger partial charge < -0.3 is 9.84 Å². The highest BCUT2D eigenvalue weighted by Gasteiger charge is 2.07. The van der Waals surface area contributed by atoms with E-state index < -0.39 is 0 Å². The predicted molar refractivity (Wildman–Crippen MR) is 101 cm³/mol. The minimum Gasteiger partial charge on any atom is -0.494 e. The smallest absolute Gasteiger partial charge is 0.148 e. The Balaban J connectivity index is 1.70. The molecule has 3 nitrogen and oxygen atoms in total. The summed E-state index contributed by atoms with van der Waals surface area (Å²) < 4.78 is 18.8. The van der Waals surface area contributed by atoms with Crippen molar-refractivity contribution in [3.63, 3.8) is 0 Å². The molecule has 0 unspecified atom stereocenters. The van der Waals surface area contributed by atoms with Crippen molar-refractivity contribution < 1.29 is 14.2 Å². The van der Waals surface area contributed by atoms with E-state index in [1.807, 2.05) is 12.1 Å². The van der Waals surface area contributed by atoms with Gasteiger partial charge in [-0.05, 0) is 31.4 Å². The highest BCUT2D eigenvalue weighted by Crippen LogP contribution is 2.26. The van der Waals surface area contributed by atoms with Crippen LogP contribution in [0.3, 0.4) is 0 Å². The Labute approximate surface area is 150 Å². The van der Waals surface area contributed by atoms with Crippen molar-refractivity contribution in [3.8, 4) is 5.75 Å². The zero-order valence-corrected chi connectivity index (χ0v) is 15.3. The Kier molecular flexibility index (Phi) is 8.67. The van der Waals surface area contributed by atoms with Gasteiger partial charge in [-0.3, -0.25) is 0 Å². The van der Waals surface area contributed by atoms with Gasteiger partial charge in [-0.1, -0.05) is 51.0 Å². The molecule has 0 aliphatic heterocycles. The summed E-state index contributed by atoms with van der Waals surface area (Å²) in [6, 6.07) is 6.80. The fourth-order valence-electron chi connectivity index (χ4n) is 3.16. The third-order valence-corrected chi connectivity index (χ3v) is 4.59. The number of aliphatic hydroxyl groups is 1. The van der Waals surface area contributed by atoms with Crippen LogP contribution in [0.5, 0.6) is 5.75 Å². The molecule has 2 rings (SSSR count). The number of aromatic nitrogens is 1. The molecule has 25 heavy (non-hydrogen) atoms. The second kappa shape index (κ2) is 11.0. The molecule has 4 heteroatoms. The highest BCUT2D eigenvalue weighted by molar-refractivity contribution is 5.84. The maximum absolute atomic E-state index is 13.5. The van der Waals surface area contributed by atoms with Crippen LogP contribution in [0.15, 0.2) is 24.3 Å². The Hall–Kier alpha value is -1.68. The normalized spacial score (nSPS) is 11.2. The number of benzene rings is 1. The molecule has 0 saturated heterocycles. The number of methoxy groups -OCH3 is 1. The van der Waals surface area contributed by atoms with Crippen LogP contribution in [-0.4, -0.2) is 23.8 Å². The Morgan fingerprint density at radius 2 is 1.56 bits per heavy atom. The molecule has 0 amide bonds. The first-order valence-corrected chi connectivity index (χ1v) is 9.48. The van der Waals surface area contributed by atoms with Crippen LogP contribution in [0.1, 0.15) is 63.5 Å². The number of hydrogen-bond acceptors (Lipinski definition) is 3. The SMILES string of the molecule is COc1cc(F)cc2ccc(CCCCCCCCCCCO)nc12. The third-order valence-electron chi connectivity index (χ3n) is 4.59. The van der Waals surface area contributed by atoms with Crippen molar-refractivity contribution >= 4 is 10.9 Å². The van der Waals surface area contributed by atoms with E-state index in [1.165, 1.54) is 50.7 Å². The molecule has 0 aliphatic carbocycles. The molecule has 1 aromatic heterocycles. The Morgan fingerprint density at radius 1 is 0.920 bits per heavy atom. The number of hydrogen-bond donors (Lipinski definition) is 1. The fraction of sp³-hybridized carbons (Fsp3) is 0.571. The molecule has 1 N–H and O–H groups in total. The van der Waals surface area contributed by atoms with Crippen LogP contribution in [0, 0.1) is 5.82 Å². The molecule has 0 radical (unpaired) electrons. The number of ether oxygens (including phenoxy) is 1. The quantitative estimate of drug-likeness (QED) is 0.521. The van der Waals surface area contributed by atoms with Crippen molar-refractivity contribution in [1.29, 1.82) is 0 Å². The van der Waals surface area contributed by atoms with Gasteiger partial charge in [-0.2, -0.15) is 0 Å². The zero-order valence-electron chi connectivity index (χ0n) is 15.3. The number of unbranched alkanes of at least 4 members (excludes halogenated alkanes) is 8. The Bertz CT molecular complexity index is 645. The van der Waals surface area contributed by atoms with E-state index >= 15 is 0 Å². The van der Waals surface area contributed by atoms with Crippen LogP contribution in [-0.2, 0) is 6.42 Å². The van der Waals surface area contributed by atoms with Crippen molar-refractivity contribution in [1.82, 2.24) is 4.98 Å². The standard InChI is InChI=1S/C21H30FNO2/c1-25-20-16-18(22)15-17-12-13-19(23-21(17)20)11-9-7-5-3-2-4-6-8-10-14-24/h12-13,15-16,24H,2-11,14H2,1H3. The first kappa shape index (κ1) is 19.6. The molecule has 0 spiro atoms. The topological polar surface area (TPSA) is 42.4 Å². The summed E-state index contributed by atoms with van der Waals surface area (Å²) in [6.45, 7) is 0.323. The predicted octanol–water partition coefficient (Wildman–Crippen LogP) is 5.43. The monoisotopic (exact) mass is 347 g/mol. The van der Waals surface area contributed by atoms with Gasteiger partial charge in [0.05, 0.1) is 7.11 Å². The molecule has 138 valence electrons. The minimum absolute atomic E-state index is 0.296. The summed E-state index contributed by atoms with van der Waals surface area (Å²) in [7, 11) is 1.55. The summed E-state index contributed by atoms with van der Waals surface area (Å²) in [6.07, 6.45) is 11.8. The molecule has 0 bridgehead atoms. The summed E-state index contributed by atoms with van der Waals surface area (Å²) in [5, 5.41) is 9.51. The van der Waals surface area contributed by atoms with Gasteiger partial charge in [0.15, 0.2) is 0 Å². The fourth-order valence-corrected chi connectivity index (χ4v) is 3.16. The number of fused-ring (bicyclic) bond motifs is 1. The van der Waals surface area contributed by atoms with Crippen LogP contribution in [0.25, 0.3) is 10.9 Å². The summed E-state index contributed by atoms with van der Waals surface area (Å²) >= 11 is 0. The highest BCUT2D eigenvalue weighted by atomic mass is 19.1. The van der Waals surface area contributed by atoms with Crippen LogP contribution in [0.4, 0.5) is 4.39 Å². The van der Waals surface area contributed by atoms with Crippen LogP contribution >= 0.6 is 0 Å². The number of aryl methyl sites for hydroxylation is 1. The average molecular weight is 347 g/mol. The van der Waals surface area contributed by atoms with Crippen molar-refractivity contribution in [3.05, 3.63) is 35.8 Å². The van der Waals surface area contributed by atoms with E-state index in [9.17, 15) is 4.39 Å². The lowest BCUT2D eigenvalue weighted by molar-refractivity contribution is 0.282. The van der Waals surface area contributed by atoms with E-state index in [1.54, 1.807) is 7.11 Å². The molecular formula is C21H30FNO2. The van der Waals surface area contributed by atoms with Crippen LogP contribution < -0.4 is 4.74 Å². The maximum Gasteiger partial charge on any atom is 0.148 e. The molecule has 0 fully saturated rings. The van der Waals surface area contributed by atoms with Gasteiger partial charge in [0.1, 0.15) is 17.1 Å². The molecule has 0 atom stereocenters. The van der Waals surface area contributed by atoms with Crippen molar-refractivity contribution in [2.75, 3.05) is 13.7 Å². The number of pyridine rings is 1. The molecular weight excluding hydrogens is 317 g/mol. The lowest BCUT2D eigenvalue weighted by Gasteiger charge is -2.08. The number of aliphatic hydroxyl groups excluding tert-OH is 1. The number of nitrogens with zero attached hydrogens (tertiary/aromatic N) is 1. The second-order valence-electron chi connectivity index (χ2n) is 6.64. The summed E-state index contributed by atoms with van der Waals surface area (Å²) in [5.41, 5.74) is 1.78. The molecule has 0 aliphatic rings. The summed E-state index contributed by atoms with van der Waals surface area (Å²) in [5.74, 6) is 0.202. The first-order chi connectivity index (χ1) is 12.2. The lowest BCUT2D eigenvalue weighted by Crippen LogP contribution is -1.95. The average Bonchev–Trinajstić information content (AvgIpc) is 2.62. The van der Waals surface area contributed by atoms with E-state index in [-0.39, 0.29) is 5.82 Å². The lowest BCUT2D eigenvalue weighted by atomic mass is 10.1. The number of rotatable bonds is 12. The van der Waals surface area contributed by atoms with E-state index in [4.69, 9.17) is 9.84 Å². The molecule has 0 saturated carbocycles. The van der Waals surface area contributed by atoms with Crippen molar-refractivity contribution in [2.45, 2.75) is 64.2 Å². The minimum atomic E-state index is -0.296. The summed E-state index contributed by atoms with van der Waals surface area (Å²) in [4.78, 5) is 4.65. The van der Waals surface area contributed by atoms with Crippen molar-refractivity contribution in [2.24, 2.45) is 0 Å². The first-order valence-electron chi connectivity index (χ1n) is 9.48. The largest absolute Gasteiger partial charge is 0.494 e. The molecule has 2 aromatic rings. The van der Waals surface area contributed by atoms with Gasteiger partial charge in [-0.25, -0.2) is 9.37 Å².